The fourth-order valence-electron chi connectivity index (χ4n) is 5.95. The Balaban J connectivity index is 1.61. The lowest BCUT2D eigenvalue weighted by Gasteiger charge is -2.42. The van der Waals surface area contributed by atoms with Crippen molar-refractivity contribution < 1.29 is 29.0 Å². The van der Waals surface area contributed by atoms with E-state index in [1.54, 1.807) is 45.9 Å². The van der Waals surface area contributed by atoms with Crippen molar-refractivity contribution in [2.75, 3.05) is 7.05 Å². The molecule has 1 heterocycles. The van der Waals surface area contributed by atoms with Gasteiger partial charge in [0, 0.05) is 20.0 Å². The standard InChI is InChI=1S/C35H48N4O6/c1-21(38(8)33(44)45-35(5,6)7)30(41)37-29(34(2,3)4)32(43)39-20-24-18-25(40)17-16-23(24)19-28(39)31(42)36-27-15-11-13-22-12-9-10-14-26(22)27/h9-10,12,14,16-18,21,27-29,40H,11,13,15,19-20H2,1-8H3,(H,36,42)(H,37,41). The van der Waals surface area contributed by atoms with Gasteiger partial charge in [-0.05, 0) is 86.8 Å². The van der Waals surface area contributed by atoms with Crippen LogP contribution in [0.1, 0.15) is 89.6 Å². The monoisotopic (exact) mass is 620 g/mol. The van der Waals surface area contributed by atoms with E-state index in [4.69, 9.17) is 4.74 Å². The number of aryl methyl sites for hydroxylation is 1. The Hall–Kier alpha value is -4.08. The molecule has 4 unspecified atom stereocenters. The molecule has 4 atom stereocenters. The summed E-state index contributed by atoms with van der Waals surface area (Å²) in [6.07, 6.45) is 2.33. The summed E-state index contributed by atoms with van der Waals surface area (Å²) < 4.78 is 5.42. The van der Waals surface area contributed by atoms with Crippen molar-refractivity contribution >= 4 is 23.8 Å². The molecule has 1 aliphatic heterocycles. The van der Waals surface area contributed by atoms with Gasteiger partial charge in [0.1, 0.15) is 29.5 Å². The fourth-order valence-corrected chi connectivity index (χ4v) is 5.95. The number of fused-ring (bicyclic) bond motifs is 2. The van der Waals surface area contributed by atoms with Crippen LogP contribution in [-0.4, -0.2) is 69.5 Å². The van der Waals surface area contributed by atoms with Crippen LogP contribution in [-0.2, 0) is 38.5 Å². The van der Waals surface area contributed by atoms with Gasteiger partial charge in [0.2, 0.25) is 17.7 Å². The van der Waals surface area contributed by atoms with Crippen molar-refractivity contribution in [3.05, 3.63) is 64.7 Å². The minimum Gasteiger partial charge on any atom is -0.508 e. The molecule has 3 N–H and O–H groups in total. The van der Waals surface area contributed by atoms with Crippen LogP contribution in [0.4, 0.5) is 4.79 Å². The molecule has 10 nitrogen and oxygen atoms in total. The van der Waals surface area contributed by atoms with E-state index in [1.165, 1.54) is 22.4 Å². The molecular formula is C35H48N4O6. The Morgan fingerprint density at radius 1 is 1.00 bits per heavy atom. The first-order valence-corrected chi connectivity index (χ1v) is 15.7. The van der Waals surface area contributed by atoms with Gasteiger partial charge in [-0.25, -0.2) is 4.79 Å². The van der Waals surface area contributed by atoms with Gasteiger partial charge in [-0.3, -0.25) is 19.3 Å². The quantitative estimate of drug-likeness (QED) is 0.432. The summed E-state index contributed by atoms with van der Waals surface area (Å²) in [4.78, 5) is 57.4. The molecule has 0 aromatic heterocycles. The number of carbonyl (C=O) groups excluding carboxylic acids is 4. The lowest BCUT2D eigenvalue weighted by Crippen LogP contribution is -2.62. The predicted octanol–water partition coefficient (Wildman–Crippen LogP) is 4.63. The van der Waals surface area contributed by atoms with E-state index in [1.807, 2.05) is 39.0 Å². The van der Waals surface area contributed by atoms with E-state index in [-0.39, 0.29) is 30.7 Å². The number of rotatable bonds is 6. The van der Waals surface area contributed by atoms with Crippen molar-refractivity contribution in [3.63, 3.8) is 0 Å². The molecule has 0 fully saturated rings. The SMILES string of the molecule is CC(C(=O)NC(C(=O)N1Cc2cc(O)ccc2CC1C(=O)NC1CCCc2ccccc21)C(C)(C)C)N(C)C(=O)OC(C)(C)C. The molecule has 0 spiro atoms. The number of carbonyl (C=O) groups is 4. The first-order valence-electron chi connectivity index (χ1n) is 15.7. The highest BCUT2D eigenvalue weighted by Gasteiger charge is 2.43. The maximum Gasteiger partial charge on any atom is 0.410 e. The molecular weight excluding hydrogens is 572 g/mol. The van der Waals surface area contributed by atoms with Crippen molar-refractivity contribution in [1.29, 1.82) is 0 Å². The van der Waals surface area contributed by atoms with Crippen LogP contribution in [0.25, 0.3) is 0 Å². The van der Waals surface area contributed by atoms with Crippen LogP contribution in [0.15, 0.2) is 42.5 Å². The molecule has 244 valence electrons. The normalized spacial score (nSPS) is 19.3. The maximum absolute atomic E-state index is 14.5. The average molecular weight is 621 g/mol. The summed E-state index contributed by atoms with van der Waals surface area (Å²) in [6.45, 7) is 12.4. The second-order valence-electron chi connectivity index (χ2n) is 14.4. The molecule has 10 heteroatoms. The van der Waals surface area contributed by atoms with Crippen LogP contribution in [0.3, 0.4) is 0 Å². The number of ether oxygens (including phenoxy) is 1. The van der Waals surface area contributed by atoms with E-state index in [2.05, 4.69) is 16.7 Å². The molecule has 2 aromatic rings. The third kappa shape index (κ3) is 7.96. The number of aromatic hydroxyl groups is 1. The Bertz CT molecular complexity index is 1440. The lowest BCUT2D eigenvalue weighted by atomic mass is 9.83. The van der Waals surface area contributed by atoms with Crippen molar-refractivity contribution in [3.8, 4) is 5.75 Å². The van der Waals surface area contributed by atoms with Crippen molar-refractivity contribution in [2.45, 2.75) is 110 Å². The van der Waals surface area contributed by atoms with Gasteiger partial charge in [0.15, 0.2) is 0 Å². The highest BCUT2D eigenvalue weighted by molar-refractivity contribution is 5.94. The highest BCUT2D eigenvalue weighted by Crippen LogP contribution is 2.33. The molecule has 1 aliphatic carbocycles. The summed E-state index contributed by atoms with van der Waals surface area (Å²) in [5.74, 6) is -1.13. The lowest BCUT2D eigenvalue weighted by molar-refractivity contribution is -0.147. The Morgan fingerprint density at radius 2 is 1.69 bits per heavy atom. The van der Waals surface area contributed by atoms with Gasteiger partial charge >= 0.3 is 6.09 Å². The van der Waals surface area contributed by atoms with Crippen LogP contribution in [0.2, 0.25) is 0 Å². The third-order valence-corrected chi connectivity index (χ3v) is 8.63. The maximum atomic E-state index is 14.5. The number of phenolic OH excluding ortho intramolecular Hbond substituents is 1. The molecule has 0 saturated carbocycles. The zero-order chi connectivity index (χ0) is 33.3. The number of hydrogen-bond acceptors (Lipinski definition) is 6. The number of likely N-dealkylation sites (N-methyl/N-ethyl adjacent to an activating group) is 1. The van der Waals surface area contributed by atoms with E-state index in [9.17, 15) is 24.3 Å². The Kier molecular flexibility index (Phi) is 9.85. The minimum atomic E-state index is -1.01. The number of amides is 4. The molecule has 4 amide bonds. The zero-order valence-corrected chi connectivity index (χ0v) is 27.8. The van der Waals surface area contributed by atoms with Gasteiger partial charge in [-0.15, -0.1) is 0 Å². The van der Waals surface area contributed by atoms with Crippen LogP contribution in [0.5, 0.6) is 5.75 Å². The van der Waals surface area contributed by atoms with Gasteiger partial charge < -0.3 is 25.4 Å². The molecule has 4 rings (SSSR count). The molecule has 0 bridgehead atoms. The van der Waals surface area contributed by atoms with E-state index < -0.39 is 47.0 Å². The fraction of sp³-hybridized carbons (Fsp3) is 0.543. The van der Waals surface area contributed by atoms with Crippen molar-refractivity contribution in [1.82, 2.24) is 20.4 Å². The largest absolute Gasteiger partial charge is 0.508 e. The summed E-state index contributed by atoms with van der Waals surface area (Å²) in [7, 11) is 1.48. The Morgan fingerprint density at radius 3 is 2.36 bits per heavy atom. The summed E-state index contributed by atoms with van der Waals surface area (Å²) in [5, 5.41) is 16.3. The summed E-state index contributed by atoms with van der Waals surface area (Å²) in [5.41, 5.74) is 2.46. The second kappa shape index (κ2) is 13.1. The predicted molar refractivity (Wildman–Crippen MR) is 171 cm³/mol. The summed E-state index contributed by atoms with van der Waals surface area (Å²) in [6, 6.07) is 10.2. The first-order chi connectivity index (χ1) is 21.0. The van der Waals surface area contributed by atoms with E-state index >= 15 is 0 Å². The van der Waals surface area contributed by atoms with E-state index in [0.29, 0.717) is 0 Å². The molecule has 0 radical (unpaired) electrons. The molecule has 2 aliphatic rings. The van der Waals surface area contributed by atoms with Crippen LogP contribution >= 0.6 is 0 Å². The number of nitrogens with one attached hydrogen (secondary N) is 2. The molecule has 2 aromatic carbocycles. The molecule has 0 saturated heterocycles. The number of phenols is 1. The van der Waals surface area contributed by atoms with Crippen molar-refractivity contribution in [2.24, 2.45) is 5.41 Å². The smallest absolute Gasteiger partial charge is 0.410 e. The molecule has 45 heavy (non-hydrogen) atoms. The summed E-state index contributed by atoms with van der Waals surface area (Å²) >= 11 is 0. The van der Waals surface area contributed by atoms with Crippen LogP contribution < -0.4 is 10.6 Å². The number of hydrogen-bond donors (Lipinski definition) is 3. The zero-order valence-electron chi connectivity index (χ0n) is 27.8. The Labute approximate surface area is 266 Å². The highest BCUT2D eigenvalue weighted by atomic mass is 16.6. The van der Waals surface area contributed by atoms with Gasteiger partial charge in [0.25, 0.3) is 0 Å². The third-order valence-electron chi connectivity index (χ3n) is 8.63. The number of nitrogens with zero attached hydrogens (tertiary/aromatic N) is 2. The topological polar surface area (TPSA) is 128 Å². The second-order valence-corrected chi connectivity index (χ2v) is 14.4. The average Bonchev–Trinajstić information content (AvgIpc) is 2.96. The van der Waals surface area contributed by atoms with Gasteiger partial charge in [0.05, 0.1) is 6.04 Å². The minimum absolute atomic E-state index is 0.0718. The van der Waals surface area contributed by atoms with Gasteiger partial charge in [-0.2, -0.15) is 0 Å². The van der Waals surface area contributed by atoms with Crippen LogP contribution in [0, 0.1) is 5.41 Å². The van der Waals surface area contributed by atoms with Gasteiger partial charge in [-0.1, -0.05) is 51.1 Å². The first kappa shape index (κ1) is 33.8. The number of benzene rings is 2. The van der Waals surface area contributed by atoms with E-state index in [0.717, 1.165) is 36.0 Å².